The third-order valence-corrected chi connectivity index (χ3v) is 5.46. The summed E-state index contributed by atoms with van der Waals surface area (Å²) in [5, 5.41) is 1.81. The van der Waals surface area contributed by atoms with Crippen LogP contribution in [0.4, 0.5) is 0 Å². The zero-order chi connectivity index (χ0) is 16.9. The molecule has 0 saturated carbocycles. The van der Waals surface area contributed by atoms with Crippen LogP contribution in [0.1, 0.15) is 21.9 Å². The Labute approximate surface area is 149 Å². The number of carbonyl (C=O) groups is 1. The molecule has 124 valence electrons. The molecular weight excluding hydrogens is 340 g/mol. The van der Waals surface area contributed by atoms with Gasteiger partial charge in [-0.05, 0) is 11.8 Å². The summed E-state index contributed by atoms with van der Waals surface area (Å²) in [6, 6.07) is 10.2. The van der Waals surface area contributed by atoms with Gasteiger partial charge >= 0.3 is 0 Å². The Bertz CT molecular complexity index is 813. The van der Waals surface area contributed by atoms with E-state index in [0.717, 1.165) is 16.7 Å². The topological polar surface area (TPSA) is 51.0 Å². The van der Waals surface area contributed by atoms with Crippen molar-refractivity contribution in [2.45, 2.75) is 17.4 Å². The van der Waals surface area contributed by atoms with Crippen LogP contribution >= 0.6 is 23.1 Å². The Hall–Kier alpha value is -2.12. The van der Waals surface area contributed by atoms with E-state index in [1.165, 1.54) is 16.9 Å². The van der Waals surface area contributed by atoms with Crippen LogP contribution in [0.5, 0.6) is 0 Å². The molecule has 0 atom stereocenters. The van der Waals surface area contributed by atoms with Gasteiger partial charge in [-0.2, -0.15) is 0 Å². The van der Waals surface area contributed by atoms with Crippen LogP contribution in [0.2, 0.25) is 0 Å². The Morgan fingerprint density at radius 1 is 1.33 bits per heavy atom. The summed E-state index contributed by atoms with van der Waals surface area (Å²) in [7, 11) is 1.78. The third-order valence-electron chi connectivity index (χ3n) is 3.60. The minimum absolute atomic E-state index is 0.0826. The van der Waals surface area contributed by atoms with Gasteiger partial charge in [0.15, 0.2) is 0 Å². The lowest BCUT2D eigenvalue weighted by Gasteiger charge is -2.16. The number of benzene rings is 1. The largest absolute Gasteiger partial charge is 0.333 e. The van der Waals surface area contributed by atoms with Crippen molar-refractivity contribution in [3.05, 3.63) is 65.2 Å². The van der Waals surface area contributed by atoms with Crippen LogP contribution in [0.3, 0.4) is 0 Å². The Morgan fingerprint density at radius 2 is 2.12 bits per heavy atom. The smallest absolute Gasteiger partial charge is 0.273 e. The van der Waals surface area contributed by atoms with Crippen LogP contribution in [-0.4, -0.2) is 38.6 Å². The van der Waals surface area contributed by atoms with Crippen LogP contribution in [0.25, 0.3) is 0 Å². The summed E-state index contributed by atoms with van der Waals surface area (Å²) < 4.78 is 2.96. The molecule has 1 aromatic carbocycles. The second-order valence-electron chi connectivity index (χ2n) is 5.32. The predicted octanol–water partition coefficient (Wildman–Crippen LogP) is 3.38. The molecule has 0 bridgehead atoms. The summed E-state index contributed by atoms with van der Waals surface area (Å²) in [6.45, 7) is 1.19. The fraction of sp³-hybridized carbons (Fsp3) is 0.235. The van der Waals surface area contributed by atoms with E-state index < -0.39 is 0 Å². The van der Waals surface area contributed by atoms with E-state index in [-0.39, 0.29) is 5.91 Å². The van der Waals surface area contributed by atoms with Gasteiger partial charge in [-0.3, -0.25) is 4.79 Å². The standard InChI is InChI=1S/C17H18N4OS2/c1-20(16(22)14-12-24-17(19-14)23-2)11-15-18-8-9-21(15)10-13-6-4-3-5-7-13/h3-9,12H,10-11H2,1-2H3. The predicted molar refractivity (Wildman–Crippen MR) is 97.5 cm³/mol. The number of imidazole rings is 1. The van der Waals surface area contributed by atoms with Crippen molar-refractivity contribution in [1.29, 1.82) is 0 Å². The normalized spacial score (nSPS) is 10.8. The first-order valence-corrected chi connectivity index (χ1v) is 9.56. The lowest BCUT2D eigenvalue weighted by atomic mass is 10.2. The Balaban J connectivity index is 1.69. The Kier molecular flexibility index (Phi) is 5.32. The zero-order valence-electron chi connectivity index (χ0n) is 13.5. The number of rotatable bonds is 6. The number of carbonyl (C=O) groups excluding carboxylic acids is 1. The van der Waals surface area contributed by atoms with Crippen LogP contribution < -0.4 is 0 Å². The zero-order valence-corrected chi connectivity index (χ0v) is 15.2. The lowest BCUT2D eigenvalue weighted by Crippen LogP contribution is -2.28. The summed E-state index contributed by atoms with van der Waals surface area (Å²) in [4.78, 5) is 22.9. The number of nitrogens with zero attached hydrogens (tertiary/aromatic N) is 4. The van der Waals surface area contributed by atoms with Crippen molar-refractivity contribution in [3.8, 4) is 0 Å². The molecule has 2 aromatic heterocycles. The first-order chi connectivity index (χ1) is 11.7. The van der Waals surface area contributed by atoms with Gasteiger partial charge in [-0.25, -0.2) is 9.97 Å². The second-order valence-corrected chi connectivity index (χ2v) is 7.23. The van der Waals surface area contributed by atoms with E-state index in [0.29, 0.717) is 12.2 Å². The molecule has 24 heavy (non-hydrogen) atoms. The molecule has 0 radical (unpaired) electrons. The molecule has 7 heteroatoms. The fourth-order valence-corrected chi connectivity index (χ4v) is 3.58. The molecule has 2 heterocycles. The molecule has 0 fully saturated rings. The highest BCUT2D eigenvalue weighted by Crippen LogP contribution is 2.20. The van der Waals surface area contributed by atoms with E-state index in [1.54, 1.807) is 35.3 Å². The molecule has 1 amide bonds. The van der Waals surface area contributed by atoms with Crippen molar-refractivity contribution < 1.29 is 4.79 Å². The molecule has 0 unspecified atom stereocenters. The summed E-state index contributed by atoms with van der Waals surface area (Å²) in [5.41, 5.74) is 1.70. The average molecular weight is 358 g/mol. The summed E-state index contributed by atoms with van der Waals surface area (Å²) >= 11 is 3.04. The minimum Gasteiger partial charge on any atom is -0.333 e. The quantitative estimate of drug-likeness (QED) is 0.634. The van der Waals surface area contributed by atoms with Gasteiger partial charge in [0, 0.05) is 31.4 Å². The first kappa shape index (κ1) is 16.7. The third kappa shape index (κ3) is 3.85. The summed E-state index contributed by atoms with van der Waals surface area (Å²) in [5.74, 6) is 0.774. The van der Waals surface area contributed by atoms with E-state index in [2.05, 4.69) is 26.7 Å². The molecule has 5 nitrogen and oxygen atoms in total. The maximum atomic E-state index is 12.5. The minimum atomic E-state index is -0.0826. The molecule has 3 aromatic rings. The molecule has 0 N–H and O–H groups in total. The van der Waals surface area contributed by atoms with Gasteiger partial charge in [0.25, 0.3) is 5.91 Å². The van der Waals surface area contributed by atoms with Crippen LogP contribution in [0.15, 0.2) is 52.4 Å². The van der Waals surface area contributed by atoms with E-state index in [4.69, 9.17) is 0 Å². The van der Waals surface area contributed by atoms with Gasteiger partial charge in [0.2, 0.25) is 0 Å². The van der Waals surface area contributed by atoms with Gasteiger partial charge in [-0.15, -0.1) is 11.3 Å². The van der Waals surface area contributed by atoms with Gasteiger partial charge < -0.3 is 9.47 Å². The molecule has 0 saturated heterocycles. The highest BCUT2D eigenvalue weighted by atomic mass is 32.2. The van der Waals surface area contributed by atoms with Gasteiger partial charge in [0.05, 0.1) is 6.54 Å². The average Bonchev–Trinajstić information content (AvgIpc) is 3.25. The van der Waals surface area contributed by atoms with Crippen molar-refractivity contribution in [2.75, 3.05) is 13.3 Å². The number of amides is 1. The maximum absolute atomic E-state index is 12.5. The van der Waals surface area contributed by atoms with E-state index in [9.17, 15) is 4.79 Å². The van der Waals surface area contributed by atoms with Crippen molar-refractivity contribution in [2.24, 2.45) is 0 Å². The van der Waals surface area contributed by atoms with Crippen molar-refractivity contribution >= 4 is 29.0 Å². The van der Waals surface area contributed by atoms with E-state index >= 15 is 0 Å². The molecule has 0 spiro atoms. The van der Waals surface area contributed by atoms with Gasteiger partial charge in [-0.1, -0.05) is 42.1 Å². The monoisotopic (exact) mass is 358 g/mol. The Morgan fingerprint density at radius 3 is 2.83 bits per heavy atom. The maximum Gasteiger partial charge on any atom is 0.273 e. The highest BCUT2D eigenvalue weighted by Gasteiger charge is 2.17. The lowest BCUT2D eigenvalue weighted by molar-refractivity contribution is 0.0775. The second kappa shape index (κ2) is 7.63. The number of hydrogen-bond donors (Lipinski definition) is 0. The molecule has 0 aliphatic rings. The first-order valence-electron chi connectivity index (χ1n) is 7.46. The molecule has 0 aliphatic heterocycles. The number of hydrogen-bond acceptors (Lipinski definition) is 5. The van der Waals surface area contributed by atoms with Gasteiger partial charge in [0.1, 0.15) is 15.9 Å². The fourth-order valence-electron chi connectivity index (χ4n) is 2.34. The van der Waals surface area contributed by atoms with Crippen molar-refractivity contribution in [1.82, 2.24) is 19.4 Å². The molecule has 0 aliphatic carbocycles. The van der Waals surface area contributed by atoms with Crippen LogP contribution in [0, 0.1) is 0 Å². The summed E-state index contributed by atoms with van der Waals surface area (Å²) in [6.07, 6.45) is 5.66. The van der Waals surface area contributed by atoms with Crippen molar-refractivity contribution in [3.63, 3.8) is 0 Å². The molecule has 3 rings (SSSR count). The highest BCUT2D eigenvalue weighted by molar-refractivity contribution is 8.00. The van der Waals surface area contributed by atoms with Crippen LogP contribution in [-0.2, 0) is 13.1 Å². The number of thiazole rings is 1. The number of thioether (sulfide) groups is 1. The SMILES string of the molecule is CSc1nc(C(=O)N(C)Cc2nccn2Cc2ccccc2)cs1. The van der Waals surface area contributed by atoms with E-state index in [1.807, 2.05) is 30.7 Å². The number of aromatic nitrogens is 3. The molecular formula is C17H18N4OS2.